The summed E-state index contributed by atoms with van der Waals surface area (Å²) in [5.74, 6) is 0.266. The number of nitrogens with zero attached hydrogens (tertiary/aromatic N) is 2. The molecule has 0 fully saturated rings. The van der Waals surface area contributed by atoms with Crippen LogP contribution in [0.4, 0.5) is 0 Å². The Labute approximate surface area is 157 Å². The SMILES string of the molecule is COc1cc(C(=O)N2CCc3[nH]nc(-c4ccccc4)c3CC2)ccc1O. The molecule has 0 saturated heterocycles. The number of hydrogen-bond acceptors (Lipinski definition) is 4. The molecule has 27 heavy (non-hydrogen) atoms. The molecule has 1 aliphatic heterocycles. The highest BCUT2D eigenvalue weighted by Crippen LogP contribution is 2.29. The molecule has 0 bridgehead atoms. The number of phenols is 1. The third-order valence-electron chi connectivity index (χ3n) is 4.98. The summed E-state index contributed by atoms with van der Waals surface area (Å²) >= 11 is 0. The van der Waals surface area contributed by atoms with Crippen LogP contribution in [0.2, 0.25) is 0 Å². The van der Waals surface area contributed by atoms with Crippen LogP contribution in [0, 0.1) is 0 Å². The molecule has 0 saturated carbocycles. The third-order valence-corrected chi connectivity index (χ3v) is 4.98. The van der Waals surface area contributed by atoms with Crippen LogP contribution in [0.25, 0.3) is 11.3 Å². The van der Waals surface area contributed by atoms with Crippen molar-refractivity contribution in [1.29, 1.82) is 0 Å². The second-order valence-corrected chi connectivity index (χ2v) is 6.57. The van der Waals surface area contributed by atoms with Crippen molar-refractivity contribution in [3.63, 3.8) is 0 Å². The Morgan fingerprint density at radius 2 is 1.93 bits per heavy atom. The van der Waals surface area contributed by atoms with Crippen molar-refractivity contribution < 1.29 is 14.6 Å². The molecule has 1 amide bonds. The predicted octanol–water partition coefficient (Wildman–Crippen LogP) is 3.03. The molecule has 0 unspecified atom stereocenters. The number of phenolic OH excluding ortho intramolecular Hbond substituents is 1. The number of carbonyl (C=O) groups is 1. The summed E-state index contributed by atoms with van der Waals surface area (Å²) in [4.78, 5) is 14.8. The van der Waals surface area contributed by atoms with Gasteiger partial charge in [-0.25, -0.2) is 0 Å². The van der Waals surface area contributed by atoms with Gasteiger partial charge in [0.15, 0.2) is 11.5 Å². The van der Waals surface area contributed by atoms with E-state index in [1.807, 2.05) is 35.2 Å². The van der Waals surface area contributed by atoms with Crippen molar-refractivity contribution in [2.24, 2.45) is 0 Å². The molecule has 2 N–H and O–H groups in total. The molecular weight excluding hydrogens is 342 g/mol. The van der Waals surface area contributed by atoms with Crippen LogP contribution in [-0.4, -0.2) is 46.3 Å². The molecule has 0 spiro atoms. The molecular formula is C21H21N3O3. The molecule has 3 aromatic rings. The Bertz CT molecular complexity index is 966. The van der Waals surface area contributed by atoms with E-state index in [0.717, 1.165) is 29.8 Å². The molecule has 6 nitrogen and oxygen atoms in total. The lowest BCUT2D eigenvalue weighted by Crippen LogP contribution is -2.33. The van der Waals surface area contributed by atoms with Crippen molar-refractivity contribution >= 4 is 5.91 Å². The first-order valence-corrected chi connectivity index (χ1v) is 8.95. The Hall–Kier alpha value is -3.28. The maximum atomic E-state index is 12.9. The fourth-order valence-corrected chi connectivity index (χ4v) is 3.51. The molecule has 0 radical (unpaired) electrons. The molecule has 6 heteroatoms. The van der Waals surface area contributed by atoms with E-state index < -0.39 is 0 Å². The van der Waals surface area contributed by atoms with Gasteiger partial charge in [-0.1, -0.05) is 30.3 Å². The van der Waals surface area contributed by atoms with Gasteiger partial charge >= 0.3 is 0 Å². The normalized spacial score (nSPS) is 13.7. The number of H-pyrrole nitrogens is 1. The fraction of sp³-hybridized carbons (Fsp3) is 0.238. The van der Waals surface area contributed by atoms with E-state index in [2.05, 4.69) is 10.2 Å². The van der Waals surface area contributed by atoms with Crippen LogP contribution in [0.5, 0.6) is 11.5 Å². The number of aromatic nitrogens is 2. The summed E-state index contributed by atoms with van der Waals surface area (Å²) in [6, 6.07) is 14.8. The minimum Gasteiger partial charge on any atom is -0.504 e. The number of aromatic hydroxyl groups is 1. The molecule has 1 aliphatic rings. The molecule has 1 aromatic heterocycles. The number of ether oxygens (including phenoxy) is 1. The topological polar surface area (TPSA) is 78.5 Å². The van der Waals surface area contributed by atoms with Gasteiger partial charge in [0, 0.05) is 41.9 Å². The van der Waals surface area contributed by atoms with E-state index in [0.29, 0.717) is 24.4 Å². The number of amides is 1. The second-order valence-electron chi connectivity index (χ2n) is 6.57. The number of nitrogens with one attached hydrogen (secondary N) is 1. The van der Waals surface area contributed by atoms with Gasteiger partial charge in [-0.05, 0) is 24.6 Å². The van der Waals surface area contributed by atoms with Crippen LogP contribution >= 0.6 is 0 Å². The van der Waals surface area contributed by atoms with Gasteiger partial charge in [-0.3, -0.25) is 9.89 Å². The van der Waals surface area contributed by atoms with E-state index in [4.69, 9.17) is 4.74 Å². The average molecular weight is 363 g/mol. The zero-order chi connectivity index (χ0) is 18.8. The maximum Gasteiger partial charge on any atom is 0.254 e. The lowest BCUT2D eigenvalue weighted by Gasteiger charge is -2.20. The van der Waals surface area contributed by atoms with E-state index >= 15 is 0 Å². The first-order valence-electron chi connectivity index (χ1n) is 8.95. The molecule has 2 heterocycles. The standard InChI is InChI=1S/C21H21N3O3/c1-27-19-13-15(7-8-18(19)25)21(26)24-11-9-16-17(10-12-24)22-23-20(16)14-5-3-2-4-6-14/h2-8,13,25H,9-12H2,1H3,(H,22,23). The van der Waals surface area contributed by atoms with Crippen molar-refractivity contribution in [2.45, 2.75) is 12.8 Å². The second kappa shape index (κ2) is 7.15. The van der Waals surface area contributed by atoms with Crippen molar-refractivity contribution in [3.8, 4) is 22.8 Å². The van der Waals surface area contributed by atoms with Crippen LogP contribution in [0.15, 0.2) is 48.5 Å². The number of fused-ring (bicyclic) bond motifs is 1. The Morgan fingerprint density at radius 1 is 1.15 bits per heavy atom. The minimum atomic E-state index is -0.0623. The van der Waals surface area contributed by atoms with Gasteiger partial charge in [-0.2, -0.15) is 5.10 Å². The van der Waals surface area contributed by atoms with Crippen molar-refractivity contribution in [1.82, 2.24) is 15.1 Å². The van der Waals surface area contributed by atoms with Crippen LogP contribution in [-0.2, 0) is 12.8 Å². The van der Waals surface area contributed by atoms with E-state index in [1.54, 1.807) is 12.1 Å². The Kier molecular flexibility index (Phi) is 4.54. The highest BCUT2D eigenvalue weighted by Gasteiger charge is 2.24. The van der Waals surface area contributed by atoms with Gasteiger partial charge in [0.2, 0.25) is 0 Å². The molecule has 138 valence electrons. The quantitative estimate of drug-likeness (QED) is 0.750. The maximum absolute atomic E-state index is 12.9. The number of hydrogen-bond donors (Lipinski definition) is 2. The highest BCUT2D eigenvalue weighted by molar-refractivity contribution is 5.95. The summed E-state index contributed by atoms with van der Waals surface area (Å²) in [6.45, 7) is 1.24. The van der Waals surface area contributed by atoms with E-state index in [-0.39, 0.29) is 11.7 Å². The number of rotatable bonds is 3. The van der Waals surface area contributed by atoms with E-state index in [9.17, 15) is 9.90 Å². The number of benzene rings is 2. The summed E-state index contributed by atoms with van der Waals surface area (Å²) < 4.78 is 5.12. The van der Waals surface area contributed by atoms with Crippen LogP contribution < -0.4 is 4.74 Å². The van der Waals surface area contributed by atoms with Gasteiger partial charge in [-0.15, -0.1) is 0 Å². The zero-order valence-electron chi connectivity index (χ0n) is 15.1. The van der Waals surface area contributed by atoms with Gasteiger partial charge < -0.3 is 14.7 Å². The summed E-state index contributed by atoms with van der Waals surface area (Å²) in [7, 11) is 1.47. The molecule has 4 rings (SSSR count). The summed E-state index contributed by atoms with van der Waals surface area (Å²) in [5.41, 5.74) is 4.83. The Balaban J connectivity index is 1.55. The van der Waals surface area contributed by atoms with E-state index in [1.165, 1.54) is 18.7 Å². The third kappa shape index (κ3) is 3.26. The molecule has 0 atom stereocenters. The smallest absolute Gasteiger partial charge is 0.254 e. The highest BCUT2D eigenvalue weighted by atomic mass is 16.5. The lowest BCUT2D eigenvalue weighted by molar-refractivity contribution is 0.0762. The van der Waals surface area contributed by atoms with Crippen molar-refractivity contribution in [2.75, 3.05) is 20.2 Å². The van der Waals surface area contributed by atoms with Gasteiger partial charge in [0.1, 0.15) is 0 Å². The first kappa shape index (κ1) is 17.1. The first-order chi connectivity index (χ1) is 13.2. The number of carbonyl (C=O) groups excluding carboxylic acids is 1. The average Bonchev–Trinajstić information content (AvgIpc) is 3.00. The monoisotopic (exact) mass is 363 g/mol. The lowest BCUT2D eigenvalue weighted by atomic mass is 10.0. The molecule has 0 aliphatic carbocycles. The largest absolute Gasteiger partial charge is 0.504 e. The summed E-state index contributed by atoms with van der Waals surface area (Å²) in [5, 5.41) is 17.4. The van der Waals surface area contributed by atoms with Gasteiger partial charge in [0.25, 0.3) is 5.91 Å². The van der Waals surface area contributed by atoms with Crippen LogP contribution in [0.1, 0.15) is 21.6 Å². The van der Waals surface area contributed by atoms with Gasteiger partial charge in [0.05, 0.1) is 12.8 Å². The van der Waals surface area contributed by atoms with Crippen LogP contribution in [0.3, 0.4) is 0 Å². The number of methoxy groups -OCH3 is 1. The fourth-order valence-electron chi connectivity index (χ4n) is 3.51. The Morgan fingerprint density at radius 3 is 2.70 bits per heavy atom. The summed E-state index contributed by atoms with van der Waals surface area (Å²) in [6.07, 6.45) is 1.48. The predicted molar refractivity (Wildman–Crippen MR) is 102 cm³/mol. The zero-order valence-corrected chi connectivity index (χ0v) is 15.1. The van der Waals surface area contributed by atoms with Crippen molar-refractivity contribution in [3.05, 3.63) is 65.4 Å². The number of aromatic amines is 1. The minimum absolute atomic E-state index is 0.0264. The molecule has 2 aromatic carbocycles.